The molecule has 0 radical (unpaired) electrons. The summed E-state index contributed by atoms with van der Waals surface area (Å²) in [7, 11) is 1.92. The van der Waals surface area contributed by atoms with E-state index in [9.17, 15) is 4.79 Å². The highest BCUT2D eigenvalue weighted by Gasteiger charge is 2.38. The Morgan fingerprint density at radius 2 is 2.12 bits per heavy atom. The normalized spacial score (nSPS) is 27.1. The van der Waals surface area contributed by atoms with Crippen molar-refractivity contribution in [1.82, 2.24) is 20.4 Å². The molecular formula is C21H28N4O. The van der Waals surface area contributed by atoms with Gasteiger partial charge in [-0.25, -0.2) is 0 Å². The fraction of sp³-hybridized carbons (Fsp3) is 0.524. The zero-order chi connectivity index (χ0) is 18.3. The predicted octanol–water partition coefficient (Wildman–Crippen LogP) is 2.65. The van der Waals surface area contributed by atoms with Gasteiger partial charge in [-0.15, -0.1) is 0 Å². The predicted molar refractivity (Wildman–Crippen MR) is 102 cm³/mol. The van der Waals surface area contributed by atoms with Crippen LogP contribution in [0.1, 0.15) is 55.3 Å². The minimum atomic E-state index is -0.0405. The number of amides is 1. The van der Waals surface area contributed by atoms with Crippen LogP contribution in [0.15, 0.2) is 36.7 Å². The minimum Gasteiger partial charge on any atom is -0.349 e. The molecule has 1 fully saturated rings. The Bertz CT molecular complexity index is 810. The molecule has 4 rings (SSSR count). The topological polar surface area (TPSA) is 59.0 Å². The summed E-state index contributed by atoms with van der Waals surface area (Å²) in [4.78, 5) is 13.1. The lowest BCUT2D eigenvalue weighted by molar-refractivity contribution is -0.125. The average Bonchev–Trinajstić information content (AvgIpc) is 3.26. The third-order valence-electron chi connectivity index (χ3n) is 6.14. The molecule has 3 atom stereocenters. The minimum absolute atomic E-state index is 0.0405. The lowest BCUT2D eigenvalue weighted by Gasteiger charge is -2.37. The number of hydrogen-bond donors (Lipinski definition) is 2. The molecule has 5 heteroatoms. The highest BCUT2D eigenvalue weighted by molar-refractivity contribution is 5.81. The maximum Gasteiger partial charge on any atom is 0.225 e. The van der Waals surface area contributed by atoms with E-state index in [1.54, 1.807) is 0 Å². The summed E-state index contributed by atoms with van der Waals surface area (Å²) in [5.74, 6) is 0.309. The quantitative estimate of drug-likeness (QED) is 0.893. The maximum absolute atomic E-state index is 13.1. The Labute approximate surface area is 155 Å². The summed E-state index contributed by atoms with van der Waals surface area (Å²) in [5, 5.41) is 11.0. The zero-order valence-corrected chi connectivity index (χ0v) is 15.8. The third-order valence-corrected chi connectivity index (χ3v) is 6.14. The van der Waals surface area contributed by atoms with Crippen LogP contribution in [0.3, 0.4) is 0 Å². The van der Waals surface area contributed by atoms with Gasteiger partial charge in [-0.2, -0.15) is 5.10 Å². The molecule has 1 aromatic heterocycles. The van der Waals surface area contributed by atoms with Crippen LogP contribution in [0, 0.1) is 5.92 Å². The number of nitrogens with one attached hydrogen (secondary N) is 2. The number of carbonyl (C=O) groups excluding carboxylic acids is 1. The molecule has 1 aliphatic heterocycles. The number of benzene rings is 1. The fourth-order valence-corrected chi connectivity index (χ4v) is 4.58. The highest BCUT2D eigenvalue weighted by atomic mass is 16.2. The van der Waals surface area contributed by atoms with Crippen molar-refractivity contribution in [2.24, 2.45) is 13.0 Å². The van der Waals surface area contributed by atoms with Crippen LogP contribution < -0.4 is 10.6 Å². The molecule has 0 bridgehead atoms. The van der Waals surface area contributed by atoms with Crippen molar-refractivity contribution in [1.29, 1.82) is 0 Å². The SMILES string of the molecule is Cn1cc([C@H]2CNC[C@@H]2C(=O)NC2CCC(C)(C)c3ccccc32)cn1. The molecule has 2 aliphatic rings. The molecule has 1 aliphatic carbocycles. The van der Waals surface area contributed by atoms with Crippen molar-refractivity contribution in [3.8, 4) is 0 Å². The second kappa shape index (κ2) is 6.54. The number of carbonyl (C=O) groups is 1. The number of nitrogens with zero attached hydrogens (tertiary/aromatic N) is 2. The Balaban J connectivity index is 1.53. The number of fused-ring (bicyclic) bond motifs is 1. The van der Waals surface area contributed by atoms with Gasteiger partial charge in [0.1, 0.15) is 0 Å². The summed E-state index contributed by atoms with van der Waals surface area (Å²) in [5.41, 5.74) is 3.96. The smallest absolute Gasteiger partial charge is 0.225 e. The van der Waals surface area contributed by atoms with Gasteiger partial charge >= 0.3 is 0 Å². The van der Waals surface area contributed by atoms with Gasteiger partial charge in [0.15, 0.2) is 0 Å². The largest absolute Gasteiger partial charge is 0.349 e. The highest BCUT2D eigenvalue weighted by Crippen LogP contribution is 2.41. The molecule has 2 aromatic rings. The number of aromatic nitrogens is 2. The van der Waals surface area contributed by atoms with E-state index in [1.165, 1.54) is 11.1 Å². The monoisotopic (exact) mass is 352 g/mol. The van der Waals surface area contributed by atoms with E-state index < -0.39 is 0 Å². The van der Waals surface area contributed by atoms with Crippen LogP contribution in [-0.4, -0.2) is 28.8 Å². The second-order valence-electron chi connectivity index (χ2n) is 8.39. The fourth-order valence-electron chi connectivity index (χ4n) is 4.58. The van der Waals surface area contributed by atoms with Crippen molar-refractivity contribution in [2.75, 3.05) is 13.1 Å². The lowest BCUT2D eigenvalue weighted by Crippen LogP contribution is -2.40. The molecular weight excluding hydrogens is 324 g/mol. The van der Waals surface area contributed by atoms with E-state index in [1.807, 2.05) is 24.1 Å². The summed E-state index contributed by atoms with van der Waals surface area (Å²) in [6.07, 6.45) is 5.99. The molecule has 1 amide bonds. The van der Waals surface area contributed by atoms with Crippen LogP contribution in [-0.2, 0) is 17.3 Å². The average molecular weight is 352 g/mol. The Kier molecular flexibility index (Phi) is 4.35. The van der Waals surface area contributed by atoms with Gasteiger partial charge in [-0.3, -0.25) is 9.48 Å². The zero-order valence-electron chi connectivity index (χ0n) is 15.8. The molecule has 1 aromatic carbocycles. The first-order valence-electron chi connectivity index (χ1n) is 9.55. The molecule has 1 unspecified atom stereocenters. The van der Waals surface area contributed by atoms with Crippen molar-refractivity contribution < 1.29 is 4.79 Å². The van der Waals surface area contributed by atoms with Crippen molar-refractivity contribution in [2.45, 2.75) is 44.1 Å². The first-order valence-corrected chi connectivity index (χ1v) is 9.55. The maximum atomic E-state index is 13.1. The van der Waals surface area contributed by atoms with Crippen molar-refractivity contribution in [3.63, 3.8) is 0 Å². The van der Waals surface area contributed by atoms with Crippen molar-refractivity contribution >= 4 is 5.91 Å². The van der Waals surface area contributed by atoms with E-state index in [0.717, 1.165) is 31.5 Å². The summed E-state index contributed by atoms with van der Waals surface area (Å²) in [6, 6.07) is 8.68. The molecule has 26 heavy (non-hydrogen) atoms. The second-order valence-corrected chi connectivity index (χ2v) is 8.39. The van der Waals surface area contributed by atoms with Gasteiger partial charge in [0.2, 0.25) is 5.91 Å². The summed E-state index contributed by atoms with van der Waals surface area (Å²) < 4.78 is 1.81. The van der Waals surface area contributed by atoms with Crippen LogP contribution in [0.2, 0.25) is 0 Å². The van der Waals surface area contributed by atoms with E-state index in [-0.39, 0.29) is 29.2 Å². The molecule has 0 spiro atoms. The molecule has 0 saturated carbocycles. The van der Waals surface area contributed by atoms with Crippen LogP contribution >= 0.6 is 0 Å². The van der Waals surface area contributed by atoms with Gasteiger partial charge in [-0.1, -0.05) is 38.1 Å². The summed E-state index contributed by atoms with van der Waals surface area (Å²) in [6.45, 7) is 6.15. The van der Waals surface area contributed by atoms with Gasteiger partial charge < -0.3 is 10.6 Å². The number of hydrogen-bond acceptors (Lipinski definition) is 3. The molecule has 5 nitrogen and oxygen atoms in total. The van der Waals surface area contributed by atoms with Gasteiger partial charge in [0, 0.05) is 32.3 Å². The molecule has 138 valence electrons. The van der Waals surface area contributed by atoms with Crippen LogP contribution in [0.25, 0.3) is 0 Å². The van der Waals surface area contributed by atoms with E-state index in [0.29, 0.717) is 0 Å². The molecule has 2 N–H and O–H groups in total. The van der Waals surface area contributed by atoms with E-state index >= 15 is 0 Å². The molecule has 1 saturated heterocycles. The third kappa shape index (κ3) is 3.05. The van der Waals surface area contributed by atoms with Gasteiger partial charge in [-0.05, 0) is 34.9 Å². The molecule has 2 heterocycles. The lowest BCUT2D eigenvalue weighted by atomic mass is 9.71. The van der Waals surface area contributed by atoms with Crippen LogP contribution in [0.5, 0.6) is 0 Å². The van der Waals surface area contributed by atoms with Gasteiger partial charge in [0.25, 0.3) is 0 Å². The Hall–Kier alpha value is -2.14. The first-order chi connectivity index (χ1) is 12.5. The Morgan fingerprint density at radius 3 is 2.88 bits per heavy atom. The first kappa shape index (κ1) is 17.3. The standard InChI is InChI=1S/C21H28N4O/c1-21(2)9-8-19(15-6-4-5-7-18(15)21)24-20(26)17-12-22-11-16(17)14-10-23-25(3)13-14/h4-7,10,13,16-17,19,22H,8-9,11-12H2,1-3H3,(H,24,26)/t16-,17+,19?/m1/s1. The van der Waals surface area contributed by atoms with Crippen molar-refractivity contribution in [3.05, 3.63) is 53.3 Å². The Morgan fingerprint density at radius 1 is 1.31 bits per heavy atom. The van der Waals surface area contributed by atoms with E-state index in [2.05, 4.69) is 53.8 Å². The number of aryl methyl sites for hydroxylation is 1. The summed E-state index contributed by atoms with van der Waals surface area (Å²) >= 11 is 0. The van der Waals surface area contributed by atoms with Crippen LogP contribution in [0.4, 0.5) is 0 Å². The number of rotatable bonds is 3. The van der Waals surface area contributed by atoms with Gasteiger partial charge in [0.05, 0.1) is 18.2 Å². The van der Waals surface area contributed by atoms with E-state index in [4.69, 9.17) is 0 Å².